The van der Waals surface area contributed by atoms with Crippen molar-refractivity contribution in [2.45, 2.75) is 44.9 Å². The van der Waals surface area contributed by atoms with Crippen molar-refractivity contribution >= 4 is 0 Å². The van der Waals surface area contributed by atoms with Gasteiger partial charge in [-0.05, 0) is 31.2 Å². The molecule has 1 heteroatoms. The van der Waals surface area contributed by atoms with Crippen LogP contribution in [0.2, 0.25) is 0 Å². The monoisotopic (exact) mass is 260 g/mol. The summed E-state index contributed by atoms with van der Waals surface area (Å²) in [5, 5.41) is 0. The van der Waals surface area contributed by atoms with Crippen molar-refractivity contribution in [1.82, 2.24) is 0 Å². The predicted molar refractivity (Wildman–Crippen MR) is 84.6 cm³/mol. The molecule has 1 aliphatic carbocycles. The van der Waals surface area contributed by atoms with Crippen LogP contribution in [0.15, 0.2) is 60.7 Å². The number of hydrogen-bond donors (Lipinski definition) is 0. The Morgan fingerprint density at radius 1 is 0.750 bits per heavy atom. The fourth-order valence-electron chi connectivity index (χ4n) is 2.70. The van der Waals surface area contributed by atoms with Crippen LogP contribution in [0.1, 0.15) is 50.6 Å². The average Bonchev–Trinajstić information content (AvgIpc) is 2.51. The largest absolute Gasteiger partial charge is 1.00 e. The summed E-state index contributed by atoms with van der Waals surface area (Å²) in [6.45, 7) is 2.08. The van der Waals surface area contributed by atoms with Gasteiger partial charge in [0, 0.05) is 0 Å². The van der Waals surface area contributed by atoms with E-state index in [0.29, 0.717) is 0 Å². The molecule has 1 saturated carbocycles. The molecular formula is C19H25Li. The van der Waals surface area contributed by atoms with E-state index >= 15 is 0 Å². The molecule has 0 nitrogen and oxygen atoms in total. The Morgan fingerprint density at radius 3 is 1.70 bits per heavy atom. The van der Waals surface area contributed by atoms with Crippen molar-refractivity contribution in [3.8, 4) is 0 Å². The third-order valence-electron chi connectivity index (χ3n) is 3.82. The summed E-state index contributed by atoms with van der Waals surface area (Å²) in [4.78, 5) is 0. The summed E-state index contributed by atoms with van der Waals surface area (Å²) in [6, 6.07) is 21.2. The van der Waals surface area contributed by atoms with Crippen LogP contribution < -0.4 is 18.9 Å². The molecule has 0 aromatic heterocycles. The molecule has 2 aromatic carbocycles. The molecule has 0 N–H and O–H groups in total. The summed E-state index contributed by atoms with van der Waals surface area (Å²) in [5.74, 6) is 0.861. The van der Waals surface area contributed by atoms with Crippen LogP contribution in [-0.2, 0) is 0 Å². The second-order valence-corrected chi connectivity index (χ2v) is 5.40. The van der Waals surface area contributed by atoms with Crippen molar-refractivity contribution < 1.29 is 20.3 Å². The van der Waals surface area contributed by atoms with Gasteiger partial charge in [-0.3, -0.25) is 0 Å². The van der Waals surface area contributed by atoms with Gasteiger partial charge in [0.25, 0.3) is 0 Å². The predicted octanol–water partition coefficient (Wildman–Crippen LogP) is 2.85. The first kappa shape index (κ1) is 17.1. The number of rotatable bonds is 1. The first-order chi connectivity index (χ1) is 9.36. The molecule has 0 spiro atoms. The molecule has 3 rings (SSSR count). The van der Waals surface area contributed by atoms with Crippen LogP contribution in [0.4, 0.5) is 0 Å². The van der Waals surface area contributed by atoms with Crippen LogP contribution in [-0.4, -0.2) is 0 Å². The Morgan fingerprint density at radius 2 is 1.25 bits per heavy atom. The van der Waals surface area contributed by atoms with E-state index in [9.17, 15) is 0 Å². The van der Waals surface area contributed by atoms with Crippen LogP contribution >= 0.6 is 0 Å². The maximum Gasteiger partial charge on any atom is 1.00 e. The Balaban J connectivity index is 0.000000389. The van der Waals surface area contributed by atoms with E-state index in [1.807, 2.05) is 18.2 Å². The van der Waals surface area contributed by atoms with Gasteiger partial charge < -0.3 is 1.43 Å². The molecule has 0 unspecified atom stereocenters. The zero-order chi connectivity index (χ0) is 13.3. The van der Waals surface area contributed by atoms with E-state index in [-0.39, 0.29) is 20.3 Å². The Bertz CT molecular complexity index is 450. The van der Waals surface area contributed by atoms with Gasteiger partial charge in [0.1, 0.15) is 0 Å². The summed E-state index contributed by atoms with van der Waals surface area (Å²) in [6.07, 6.45) is 7.12. The summed E-state index contributed by atoms with van der Waals surface area (Å²) < 4.78 is 0. The Labute approximate surface area is 137 Å². The maximum atomic E-state index is 2.27. The third kappa shape index (κ3) is 5.99. The van der Waals surface area contributed by atoms with Crippen molar-refractivity contribution in [2.75, 3.05) is 0 Å². The fourth-order valence-corrected chi connectivity index (χ4v) is 2.70. The summed E-state index contributed by atoms with van der Waals surface area (Å²) >= 11 is 0. The molecule has 102 valence electrons. The van der Waals surface area contributed by atoms with E-state index in [1.165, 1.54) is 37.7 Å². The van der Waals surface area contributed by atoms with Crippen molar-refractivity contribution in [1.29, 1.82) is 0 Å². The molecular weight excluding hydrogens is 235 g/mol. The number of hydrogen-bond acceptors (Lipinski definition) is 0. The molecule has 0 aliphatic heterocycles. The van der Waals surface area contributed by atoms with Crippen LogP contribution in [0.25, 0.3) is 0 Å². The SMILES string of the molecule is Cc1ccccc1.[H-].[Li+].c1ccc(C2CCCCC2)cc1. The first-order valence-corrected chi connectivity index (χ1v) is 7.43. The van der Waals surface area contributed by atoms with Crippen LogP contribution in [0.5, 0.6) is 0 Å². The van der Waals surface area contributed by atoms with Gasteiger partial charge >= 0.3 is 18.9 Å². The second kappa shape index (κ2) is 9.87. The van der Waals surface area contributed by atoms with Gasteiger partial charge in [0.15, 0.2) is 0 Å². The van der Waals surface area contributed by atoms with Gasteiger partial charge in [-0.25, -0.2) is 0 Å². The standard InChI is InChI=1S/C12H16.C7H8.Li.H/c1-3-7-11(8-4-1)12-9-5-2-6-10-12;1-7-5-3-2-4-6-7;;/h1,3-4,7-8,12H,2,5-6,9-10H2;2-6H,1H3;;/q;;+1;-1. The number of benzene rings is 2. The molecule has 0 amide bonds. The van der Waals surface area contributed by atoms with E-state index in [2.05, 4.69) is 49.4 Å². The topological polar surface area (TPSA) is 0 Å². The Kier molecular flexibility index (Phi) is 8.43. The first-order valence-electron chi connectivity index (χ1n) is 7.43. The quantitative estimate of drug-likeness (QED) is 0.692. The smallest absolute Gasteiger partial charge is 1.00 e. The molecule has 0 heterocycles. The summed E-state index contributed by atoms with van der Waals surface area (Å²) in [5.41, 5.74) is 2.87. The van der Waals surface area contributed by atoms with Gasteiger partial charge in [-0.2, -0.15) is 0 Å². The molecule has 0 saturated heterocycles. The van der Waals surface area contributed by atoms with Crippen molar-refractivity contribution in [2.24, 2.45) is 0 Å². The van der Waals surface area contributed by atoms with Crippen molar-refractivity contribution in [3.05, 3.63) is 71.8 Å². The molecule has 0 atom stereocenters. The molecule has 0 radical (unpaired) electrons. The molecule has 1 fully saturated rings. The molecule has 0 bridgehead atoms. The van der Waals surface area contributed by atoms with E-state index < -0.39 is 0 Å². The third-order valence-corrected chi connectivity index (χ3v) is 3.82. The second-order valence-electron chi connectivity index (χ2n) is 5.40. The van der Waals surface area contributed by atoms with Gasteiger partial charge in [0.2, 0.25) is 0 Å². The minimum Gasteiger partial charge on any atom is -1.00 e. The van der Waals surface area contributed by atoms with Gasteiger partial charge in [-0.1, -0.05) is 85.5 Å². The molecule has 2 aromatic rings. The van der Waals surface area contributed by atoms with E-state index in [4.69, 9.17) is 0 Å². The molecule has 20 heavy (non-hydrogen) atoms. The summed E-state index contributed by atoms with van der Waals surface area (Å²) in [7, 11) is 0. The Hall–Kier alpha value is -0.963. The van der Waals surface area contributed by atoms with Gasteiger partial charge in [-0.15, -0.1) is 0 Å². The van der Waals surface area contributed by atoms with Crippen molar-refractivity contribution in [3.63, 3.8) is 0 Å². The fraction of sp³-hybridized carbons (Fsp3) is 0.368. The zero-order valence-electron chi connectivity index (χ0n) is 13.9. The normalized spacial score (nSPS) is 14.7. The van der Waals surface area contributed by atoms with E-state index in [1.54, 1.807) is 5.56 Å². The van der Waals surface area contributed by atoms with Gasteiger partial charge in [0.05, 0.1) is 0 Å². The molecule has 1 aliphatic rings. The minimum absolute atomic E-state index is 0. The van der Waals surface area contributed by atoms with E-state index in [0.717, 1.165) is 5.92 Å². The number of aryl methyl sites for hydroxylation is 1. The van der Waals surface area contributed by atoms with Crippen LogP contribution in [0.3, 0.4) is 0 Å². The average molecular weight is 260 g/mol. The maximum absolute atomic E-state index is 2.27. The zero-order valence-corrected chi connectivity index (χ0v) is 12.9. The van der Waals surface area contributed by atoms with Crippen LogP contribution in [0, 0.1) is 6.92 Å². The minimum atomic E-state index is 0.